The van der Waals surface area contributed by atoms with E-state index in [0.717, 1.165) is 22.8 Å². The predicted molar refractivity (Wildman–Crippen MR) is 76.8 cm³/mol. The van der Waals surface area contributed by atoms with Crippen LogP contribution >= 0.6 is 0 Å². The lowest BCUT2D eigenvalue weighted by Gasteiger charge is -1.96. The zero-order valence-electron chi connectivity index (χ0n) is 11.2. The number of hydrogen-bond donors (Lipinski definition) is 2. The normalized spacial score (nSPS) is 10.2. The third-order valence-corrected chi connectivity index (χ3v) is 2.86. The molecule has 0 fully saturated rings. The molecule has 108 valence electrons. The topological polar surface area (TPSA) is 117 Å². The second kappa shape index (κ2) is 5.92. The maximum atomic E-state index is 10.3. The average molecular weight is 294 g/mol. The van der Waals surface area contributed by atoms with Crippen molar-refractivity contribution < 1.29 is 9.59 Å². The molecule has 0 aliphatic carbocycles. The van der Waals surface area contributed by atoms with E-state index in [2.05, 4.69) is 29.9 Å². The van der Waals surface area contributed by atoms with Gasteiger partial charge in [0.2, 0.25) is 0 Å². The maximum Gasteiger partial charge on any atom is 0.185 e. The van der Waals surface area contributed by atoms with E-state index in [9.17, 15) is 9.59 Å². The smallest absolute Gasteiger partial charge is 0.185 e. The van der Waals surface area contributed by atoms with Crippen molar-refractivity contribution in [2.75, 3.05) is 0 Å². The number of aldehydes is 2. The molecule has 0 spiro atoms. The number of carbonyl (C=O) groups excluding carboxylic acids is 2. The van der Waals surface area contributed by atoms with E-state index in [1.807, 2.05) is 0 Å². The van der Waals surface area contributed by atoms with Crippen LogP contribution in [0.3, 0.4) is 0 Å². The third kappa shape index (κ3) is 2.70. The van der Waals surface area contributed by atoms with Crippen molar-refractivity contribution in [3.63, 3.8) is 0 Å². The van der Waals surface area contributed by atoms with Gasteiger partial charge in [-0.25, -0.2) is 9.97 Å². The van der Waals surface area contributed by atoms with Crippen LogP contribution in [0.25, 0.3) is 22.8 Å². The molecule has 0 amide bonds. The molecule has 22 heavy (non-hydrogen) atoms. The van der Waals surface area contributed by atoms with Gasteiger partial charge in [-0.1, -0.05) is 0 Å². The summed E-state index contributed by atoms with van der Waals surface area (Å²) < 4.78 is 0. The highest BCUT2D eigenvalue weighted by atomic mass is 16.1. The summed E-state index contributed by atoms with van der Waals surface area (Å²) in [7, 11) is 0. The monoisotopic (exact) mass is 294 g/mol. The van der Waals surface area contributed by atoms with Crippen molar-refractivity contribution in [1.82, 2.24) is 29.9 Å². The maximum absolute atomic E-state index is 10.3. The number of hydrogen-bond acceptors (Lipinski definition) is 6. The van der Waals surface area contributed by atoms with Gasteiger partial charge in [-0.15, -0.1) is 0 Å². The van der Waals surface area contributed by atoms with Crippen LogP contribution in [-0.4, -0.2) is 42.5 Å². The van der Waals surface area contributed by atoms with E-state index in [-0.39, 0.29) is 0 Å². The molecule has 4 heterocycles. The molecule has 4 rings (SSSR count). The van der Waals surface area contributed by atoms with E-state index < -0.39 is 0 Å². The molecule has 0 radical (unpaired) electrons. The van der Waals surface area contributed by atoms with Crippen LogP contribution in [0.15, 0.2) is 36.9 Å². The summed E-state index contributed by atoms with van der Waals surface area (Å²) in [5, 5.41) is 0. The Balaban J connectivity index is 0.000000131. The number of H-pyrrole nitrogens is 2. The van der Waals surface area contributed by atoms with Crippen molar-refractivity contribution in [2.24, 2.45) is 0 Å². The van der Waals surface area contributed by atoms with Crippen molar-refractivity contribution >= 4 is 12.6 Å². The average Bonchev–Trinajstić information content (AvgIpc) is 3.22. The summed E-state index contributed by atoms with van der Waals surface area (Å²) in [5.41, 5.74) is 3.22. The fraction of sp³-hybridized carbons (Fsp3) is 0. The summed E-state index contributed by atoms with van der Waals surface area (Å²) in [6.07, 6.45) is 7.80. The summed E-state index contributed by atoms with van der Waals surface area (Å²) >= 11 is 0. The fourth-order valence-electron chi connectivity index (χ4n) is 1.83. The van der Waals surface area contributed by atoms with Gasteiger partial charge in [-0.2, -0.15) is 0 Å². The molecule has 0 unspecified atom stereocenters. The first-order valence-corrected chi connectivity index (χ1v) is 6.30. The van der Waals surface area contributed by atoms with Gasteiger partial charge < -0.3 is 9.97 Å². The molecular weight excluding hydrogens is 284 g/mol. The highest BCUT2D eigenvalue weighted by Gasteiger charge is 2.04. The Morgan fingerprint density at radius 3 is 1.59 bits per heavy atom. The molecule has 8 nitrogen and oxygen atoms in total. The number of nitrogens with zero attached hydrogens (tertiary/aromatic N) is 4. The molecule has 8 heteroatoms. The van der Waals surface area contributed by atoms with Crippen molar-refractivity contribution in [3.05, 3.63) is 48.6 Å². The minimum absolute atomic E-state index is 0.325. The Morgan fingerprint density at radius 2 is 1.18 bits per heavy atom. The van der Waals surface area contributed by atoms with E-state index in [0.29, 0.717) is 24.2 Å². The molecule has 0 bridgehead atoms. The molecule has 0 atom stereocenters. The molecule has 4 aliphatic heterocycles. The van der Waals surface area contributed by atoms with E-state index in [4.69, 9.17) is 0 Å². The first-order chi connectivity index (χ1) is 10.8. The second-order valence-electron chi connectivity index (χ2n) is 4.26. The van der Waals surface area contributed by atoms with Gasteiger partial charge in [0.25, 0.3) is 0 Å². The molecule has 0 aromatic carbocycles. The van der Waals surface area contributed by atoms with E-state index in [1.54, 1.807) is 36.9 Å². The largest absolute Gasteiger partial charge is 0.336 e. The van der Waals surface area contributed by atoms with Crippen molar-refractivity contribution in [3.8, 4) is 22.8 Å². The van der Waals surface area contributed by atoms with Gasteiger partial charge in [0.15, 0.2) is 24.2 Å². The number of fused-ring (bicyclic) bond motifs is 2. The molecule has 4 aliphatic rings. The Kier molecular flexibility index (Phi) is 3.65. The number of aromatic nitrogens is 6. The first-order valence-electron chi connectivity index (χ1n) is 6.30. The molecular formula is C14H10N6O2. The lowest BCUT2D eigenvalue weighted by Crippen LogP contribution is -1.94. The minimum Gasteiger partial charge on any atom is -0.336 e. The van der Waals surface area contributed by atoms with Crippen LogP contribution < -0.4 is 0 Å². The lowest BCUT2D eigenvalue weighted by atomic mass is 10.3. The SMILES string of the molecule is O=Cc1ncc2nccc-2[nH]1.O=Cc1ncc2nccc-2[nH]1. The highest BCUT2D eigenvalue weighted by molar-refractivity contribution is 5.71. The number of rotatable bonds is 2. The number of aromatic amines is 2. The second-order valence-corrected chi connectivity index (χ2v) is 4.26. The predicted octanol–water partition coefficient (Wildman–Crippen LogP) is 1.44. The summed E-state index contributed by atoms with van der Waals surface area (Å²) in [5.74, 6) is 0.649. The summed E-state index contributed by atoms with van der Waals surface area (Å²) in [4.78, 5) is 41.7. The third-order valence-electron chi connectivity index (χ3n) is 2.86. The quantitative estimate of drug-likeness (QED) is 0.540. The van der Waals surface area contributed by atoms with E-state index in [1.165, 1.54) is 0 Å². The van der Waals surface area contributed by atoms with Gasteiger partial charge in [0.1, 0.15) is 11.4 Å². The zero-order valence-corrected chi connectivity index (χ0v) is 11.2. The highest BCUT2D eigenvalue weighted by Crippen LogP contribution is 2.14. The fourth-order valence-corrected chi connectivity index (χ4v) is 1.83. The zero-order chi connectivity index (χ0) is 15.4. The standard InChI is InChI=1S/2C7H5N3O/c2*11-4-7-9-3-6-5(10-7)1-2-8-6/h2*1-4H,(H,9,10). The van der Waals surface area contributed by atoms with Crippen molar-refractivity contribution in [2.45, 2.75) is 0 Å². The minimum atomic E-state index is 0.325. The van der Waals surface area contributed by atoms with Gasteiger partial charge in [-0.05, 0) is 12.1 Å². The summed E-state index contributed by atoms with van der Waals surface area (Å²) in [6.45, 7) is 0. The van der Waals surface area contributed by atoms with Crippen molar-refractivity contribution in [1.29, 1.82) is 0 Å². The van der Waals surface area contributed by atoms with Gasteiger partial charge in [0, 0.05) is 12.4 Å². The lowest BCUT2D eigenvalue weighted by molar-refractivity contribution is 0.110. The van der Waals surface area contributed by atoms with Gasteiger partial charge >= 0.3 is 0 Å². The Labute approximate surface area is 124 Å². The number of carbonyl (C=O) groups is 2. The Bertz CT molecular complexity index is 781. The molecule has 0 saturated carbocycles. The first kappa shape index (κ1) is 13.6. The van der Waals surface area contributed by atoms with E-state index >= 15 is 0 Å². The Morgan fingerprint density at radius 1 is 0.727 bits per heavy atom. The van der Waals surface area contributed by atoms with Crippen LogP contribution in [0.5, 0.6) is 0 Å². The summed E-state index contributed by atoms with van der Waals surface area (Å²) in [6, 6.07) is 3.59. The molecule has 0 saturated heterocycles. The van der Waals surface area contributed by atoms with Gasteiger partial charge in [-0.3, -0.25) is 19.6 Å². The van der Waals surface area contributed by atoms with Gasteiger partial charge in [0.05, 0.1) is 23.8 Å². The van der Waals surface area contributed by atoms with Crippen LogP contribution in [0.2, 0.25) is 0 Å². The molecule has 2 N–H and O–H groups in total. The number of nitrogens with one attached hydrogen (secondary N) is 2. The molecule has 0 aromatic rings. The van der Waals surface area contributed by atoms with Crippen LogP contribution in [0.4, 0.5) is 0 Å². The molecule has 0 aromatic heterocycles. The van der Waals surface area contributed by atoms with Crippen LogP contribution in [0.1, 0.15) is 21.2 Å². The van der Waals surface area contributed by atoms with Crippen LogP contribution in [-0.2, 0) is 0 Å². The Hall–Kier alpha value is -3.42. The van der Waals surface area contributed by atoms with Crippen LogP contribution in [0, 0.1) is 0 Å².